The highest BCUT2D eigenvalue weighted by atomic mass is 19.2. The number of anilines is 3. The van der Waals surface area contributed by atoms with Crippen molar-refractivity contribution in [2.24, 2.45) is 0 Å². The van der Waals surface area contributed by atoms with Gasteiger partial charge in [-0.25, -0.2) is 18.2 Å². The first-order chi connectivity index (χ1) is 10.1. The molecular formula is C14H13F3N4. The van der Waals surface area contributed by atoms with Gasteiger partial charge in [-0.3, -0.25) is 0 Å². The molecule has 0 spiro atoms. The molecule has 1 saturated carbocycles. The van der Waals surface area contributed by atoms with Gasteiger partial charge in [0.1, 0.15) is 17.3 Å². The first-order valence-electron chi connectivity index (χ1n) is 6.55. The van der Waals surface area contributed by atoms with E-state index in [0.717, 1.165) is 30.7 Å². The van der Waals surface area contributed by atoms with Crippen LogP contribution in [-0.4, -0.2) is 17.0 Å². The van der Waals surface area contributed by atoms with E-state index in [1.165, 1.54) is 0 Å². The average Bonchev–Trinajstić information content (AvgIpc) is 3.32. The summed E-state index contributed by atoms with van der Waals surface area (Å²) in [6.07, 6.45) is 2.06. The van der Waals surface area contributed by atoms with E-state index < -0.39 is 23.1 Å². The molecule has 0 aliphatic heterocycles. The first kappa shape index (κ1) is 13.7. The molecule has 0 saturated heterocycles. The van der Waals surface area contributed by atoms with Crippen molar-refractivity contribution >= 4 is 17.5 Å². The van der Waals surface area contributed by atoms with Gasteiger partial charge in [0.05, 0.1) is 5.69 Å². The molecule has 0 amide bonds. The van der Waals surface area contributed by atoms with Crippen molar-refractivity contribution in [1.82, 2.24) is 9.97 Å². The Hall–Kier alpha value is -2.31. The van der Waals surface area contributed by atoms with E-state index in [1.807, 2.05) is 0 Å². The predicted octanol–water partition coefficient (Wildman–Crippen LogP) is 3.56. The third-order valence-corrected chi connectivity index (χ3v) is 3.26. The van der Waals surface area contributed by atoms with Gasteiger partial charge >= 0.3 is 0 Å². The minimum atomic E-state index is -1.27. The molecule has 1 fully saturated rings. The third kappa shape index (κ3) is 2.76. The lowest BCUT2D eigenvalue weighted by Gasteiger charge is -2.11. The summed E-state index contributed by atoms with van der Waals surface area (Å²) >= 11 is 0. The highest BCUT2D eigenvalue weighted by Gasteiger charge is 2.26. The SMILES string of the molecule is CNc1nc(Nc2c(F)ccc(F)c2F)cc(C2CC2)n1. The number of aromatic nitrogens is 2. The van der Waals surface area contributed by atoms with Crippen LogP contribution >= 0.6 is 0 Å². The molecular weight excluding hydrogens is 281 g/mol. The van der Waals surface area contributed by atoms with Crippen LogP contribution in [0.15, 0.2) is 18.2 Å². The van der Waals surface area contributed by atoms with Crippen LogP contribution in [0.3, 0.4) is 0 Å². The Balaban J connectivity index is 1.98. The molecule has 4 nitrogen and oxygen atoms in total. The molecule has 1 aromatic heterocycles. The van der Waals surface area contributed by atoms with Crippen LogP contribution in [-0.2, 0) is 0 Å². The molecule has 2 N–H and O–H groups in total. The fourth-order valence-electron chi connectivity index (χ4n) is 2.00. The van der Waals surface area contributed by atoms with Crippen LogP contribution in [0.1, 0.15) is 24.5 Å². The Morgan fingerprint density at radius 3 is 2.48 bits per heavy atom. The molecule has 0 atom stereocenters. The topological polar surface area (TPSA) is 49.8 Å². The zero-order valence-electron chi connectivity index (χ0n) is 11.3. The van der Waals surface area contributed by atoms with Crippen LogP contribution in [0, 0.1) is 17.5 Å². The monoisotopic (exact) mass is 294 g/mol. The van der Waals surface area contributed by atoms with E-state index in [-0.39, 0.29) is 5.82 Å². The number of benzene rings is 1. The number of hydrogen-bond acceptors (Lipinski definition) is 4. The maximum atomic E-state index is 13.7. The summed E-state index contributed by atoms with van der Waals surface area (Å²) in [5.74, 6) is -2.36. The normalized spacial score (nSPS) is 14.1. The Morgan fingerprint density at radius 1 is 1.10 bits per heavy atom. The lowest BCUT2D eigenvalue weighted by Crippen LogP contribution is -2.06. The Morgan fingerprint density at radius 2 is 1.81 bits per heavy atom. The smallest absolute Gasteiger partial charge is 0.224 e. The van der Waals surface area contributed by atoms with Crippen molar-refractivity contribution in [1.29, 1.82) is 0 Å². The summed E-state index contributed by atoms with van der Waals surface area (Å²) in [5, 5.41) is 5.29. The lowest BCUT2D eigenvalue weighted by atomic mass is 10.2. The van der Waals surface area contributed by atoms with Crippen LogP contribution in [0.2, 0.25) is 0 Å². The summed E-state index contributed by atoms with van der Waals surface area (Å²) < 4.78 is 40.5. The Labute approximate surface area is 119 Å². The molecule has 1 aliphatic rings. The van der Waals surface area contributed by atoms with Crippen molar-refractivity contribution in [2.75, 3.05) is 17.7 Å². The van der Waals surface area contributed by atoms with Crippen molar-refractivity contribution in [3.63, 3.8) is 0 Å². The molecule has 1 aliphatic carbocycles. The van der Waals surface area contributed by atoms with Gasteiger partial charge in [0.15, 0.2) is 11.6 Å². The molecule has 0 radical (unpaired) electrons. The predicted molar refractivity (Wildman–Crippen MR) is 73.2 cm³/mol. The standard InChI is InChI=1S/C14H13F3N4/c1-18-14-19-10(7-2-3-7)6-11(21-14)20-13-9(16)5-4-8(15)12(13)17/h4-7H,2-3H2,1H3,(H2,18,19,20,21). The fraction of sp³-hybridized carbons (Fsp3) is 0.286. The largest absolute Gasteiger partial charge is 0.357 e. The second kappa shape index (κ2) is 5.23. The first-order valence-corrected chi connectivity index (χ1v) is 6.55. The number of halogens is 3. The number of nitrogens with zero attached hydrogens (tertiary/aromatic N) is 2. The van der Waals surface area contributed by atoms with E-state index in [4.69, 9.17) is 0 Å². The Bertz CT molecular complexity index is 686. The molecule has 110 valence electrons. The highest BCUT2D eigenvalue weighted by Crippen LogP contribution is 2.40. The molecule has 1 aromatic carbocycles. The molecule has 21 heavy (non-hydrogen) atoms. The second-order valence-corrected chi connectivity index (χ2v) is 4.87. The summed E-state index contributed by atoms with van der Waals surface area (Å²) in [5.41, 5.74) is 0.242. The minimum absolute atomic E-state index is 0.222. The van der Waals surface area contributed by atoms with Crippen molar-refractivity contribution in [2.45, 2.75) is 18.8 Å². The number of rotatable bonds is 4. The number of nitrogens with one attached hydrogen (secondary N) is 2. The molecule has 7 heteroatoms. The quantitative estimate of drug-likeness (QED) is 0.847. The van der Waals surface area contributed by atoms with Gasteiger partial charge < -0.3 is 10.6 Å². The number of hydrogen-bond donors (Lipinski definition) is 2. The van der Waals surface area contributed by atoms with Crippen LogP contribution in [0.4, 0.5) is 30.6 Å². The van der Waals surface area contributed by atoms with Gasteiger partial charge in [-0.1, -0.05) is 0 Å². The van der Waals surface area contributed by atoms with Crippen molar-refractivity contribution in [3.8, 4) is 0 Å². The molecule has 0 bridgehead atoms. The van der Waals surface area contributed by atoms with E-state index in [2.05, 4.69) is 20.6 Å². The molecule has 2 aromatic rings. The second-order valence-electron chi connectivity index (χ2n) is 4.87. The maximum Gasteiger partial charge on any atom is 0.224 e. The summed E-state index contributed by atoms with van der Waals surface area (Å²) in [4.78, 5) is 8.37. The van der Waals surface area contributed by atoms with Gasteiger partial charge in [0, 0.05) is 19.0 Å². The maximum absolute atomic E-state index is 13.7. The molecule has 0 unspecified atom stereocenters. The summed E-state index contributed by atoms with van der Waals surface area (Å²) in [6.45, 7) is 0. The van der Waals surface area contributed by atoms with E-state index >= 15 is 0 Å². The van der Waals surface area contributed by atoms with Crippen LogP contribution < -0.4 is 10.6 Å². The molecule has 1 heterocycles. The van der Waals surface area contributed by atoms with E-state index in [0.29, 0.717) is 11.9 Å². The van der Waals surface area contributed by atoms with Gasteiger partial charge in [0.2, 0.25) is 5.95 Å². The van der Waals surface area contributed by atoms with Crippen molar-refractivity contribution in [3.05, 3.63) is 41.3 Å². The van der Waals surface area contributed by atoms with Gasteiger partial charge in [-0.15, -0.1) is 0 Å². The fourth-order valence-corrected chi connectivity index (χ4v) is 2.00. The van der Waals surface area contributed by atoms with E-state index in [9.17, 15) is 13.2 Å². The third-order valence-electron chi connectivity index (χ3n) is 3.26. The zero-order valence-corrected chi connectivity index (χ0v) is 11.3. The summed E-state index contributed by atoms with van der Waals surface area (Å²) in [7, 11) is 1.65. The van der Waals surface area contributed by atoms with Crippen LogP contribution in [0.5, 0.6) is 0 Å². The average molecular weight is 294 g/mol. The Kier molecular flexibility index (Phi) is 3.40. The highest BCUT2D eigenvalue weighted by molar-refractivity contribution is 5.59. The minimum Gasteiger partial charge on any atom is -0.357 e. The van der Waals surface area contributed by atoms with Crippen LogP contribution in [0.25, 0.3) is 0 Å². The van der Waals surface area contributed by atoms with Gasteiger partial charge in [0.25, 0.3) is 0 Å². The molecule has 3 rings (SSSR count). The van der Waals surface area contributed by atoms with Gasteiger partial charge in [-0.2, -0.15) is 4.98 Å². The summed E-state index contributed by atoms with van der Waals surface area (Å²) in [6, 6.07) is 3.23. The van der Waals surface area contributed by atoms with E-state index in [1.54, 1.807) is 13.1 Å². The zero-order chi connectivity index (χ0) is 15.0. The lowest BCUT2D eigenvalue weighted by molar-refractivity contribution is 0.499. The van der Waals surface area contributed by atoms with Gasteiger partial charge in [-0.05, 0) is 25.0 Å². The van der Waals surface area contributed by atoms with Crippen molar-refractivity contribution < 1.29 is 13.2 Å².